The van der Waals surface area contributed by atoms with Gasteiger partial charge in [-0.2, -0.15) is 0 Å². The molecule has 0 atom stereocenters. The summed E-state index contributed by atoms with van der Waals surface area (Å²) >= 11 is 0. The normalized spacial score (nSPS) is 11.0. The second-order valence-electron chi connectivity index (χ2n) is 4.86. The van der Waals surface area contributed by atoms with Crippen LogP contribution in [-0.4, -0.2) is 39.3 Å². The minimum atomic E-state index is -0.411. The van der Waals surface area contributed by atoms with Crippen LogP contribution < -0.4 is 0 Å². The molecule has 0 radical (unpaired) electrons. The predicted molar refractivity (Wildman–Crippen MR) is 70.8 cm³/mol. The number of aromatic nitrogens is 3. The molecule has 0 spiro atoms. The summed E-state index contributed by atoms with van der Waals surface area (Å²) in [6.07, 6.45) is 2.27. The van der Waals surface area contributed by atoms with Gasteiger partial charge >= 0.3 is 5.97 Å². The fourth-order valence-electron chi connectivity index (χ4n) is 1.83. The van der Waals surface area contributed by atoms with Crippen molar-refractivity contribution in [2.45, 2.75) is 46.6 Å². The molecule has 1 N–H and O–H groups in total. The summed E-state index contributed by atoms with van der Waals surface area (Å²) in [5, 5.41) is 16.8. The fraction of sp³-hybridized carbons (Fsp3) is 0.769. The van der Waals surface area contributed by atoms with Crippen molar-refractivity contribution in [3.63, 3.8) is 0 Å². The second-order valence-corrected chi connectivity index (χ2v) is 4.86. The van der Waals surface area contributed by atoms with Gasteiger partial charge in [0.25, 0.3) is 0 Å². The summed E-state index contributed by atoms with van der Waals surface area (Å²) in [5.74, 6) is -0.00479. The van der Waals surface area contributed by atoms with E-state index < -0.39 is 5.97 Å². The topological polar surface area (TPSA) is 77.2 Å². The first kappa shape index (κ1) is 15.6. The summed E-state index contributed by atoms with van der Waals surface area (Å²) in [6.45, 7) is 7.09. The Hall–Kier alpha value is -1.43. The Morgan fingerprint density at radius 1 is 1.42 bits per heavy atom. The molecular formula is C13H23N3O3. The van der Waals surface area contributed by atoms with Crippen LogP contribution in [0.25, 0.3) is 0 Å². The van der Waals surface area contributed by atoms with E-state index in [1.54, 1.807) is 11.6 Å². The third-order valence-corrected chi connectivity index (χ3v) is 2.69. The standard InChI is InChI=1S/C13H23N3O3/c1-4-19-13(18)12-11(9-10(2)3)16(15-14-12)7-5-6-8-17/h10,17H,4-9H2,1-3H3. The van der Waals surface area contributed by atoms with Crippen molar-refractivity contribution in [3.05, 3.63) is 11.4 Å². The van der Waals surface area contributed by atoms with E-state index >= 15 is 0 Å². The molecule has 0 aliphatic carbocycles. The van der Waals surface area contributed by atoms with Gasteiger partial charge in [-0.05, 0) is 32.1 Å². The molecule has 0 saturated carbocycles. The minimum absolute atomic E-state index is 0.166. The summed E-state index contributed by atoms with van der Waals surface area (Å²) in [7, 11) is 0. The minimum Gasteiger partial charge on any atom is -0.461 e. The van der Waals surface area contributed by atoms with Crippen molar-refractivity contribution in [2.75, 3.05) is 13.2 Å². The number of aryl methyl sites for hydroxylation is 1. The zero-order valence-corrected chi connectivity index (χ0v) is 11.9. The van der Waals surface area contributed by atoms with Gasteiger partial charge in [0.1, 0.15) is 0 Å². The number of esters is 1. The SMILES string of the molecule is CCOC(=O)c1nnn(CCCCO)c1CC(C)C. The molecule has 1 aromatic rings. The average Bonchev–Trinajstić information content (AvgIpc) is 2.72. The van der Waals surface area contributed by atoms with Crippen molar-refractivity contribution >= 4 is 5.97 Å². The van der Waals surface area contributed by atoms with Gasteiger partial charge in [-0.1, -0.05) is 19.1 Å². The van der Waals surface area contributed by atoms with Crippen LogP contribution in [0.3, 0.4) is 0 Å². The number of rotatable bonds is 8. The lowest BCUT2D eigenvalue weighted by Gasteiger charge is -2.09. The predicted octanol–water partition coefficient (Wildman–Crippen LogP) is 1.43. The van der Waals surface area contributed by atoms with Gasteiger partial charge < -0.3 is 9.84 Å². The molecule has 0 aliphatic heterocycles. The van der Waals surface area contributed by atoms with Crippen molar-refractivity contribution in [3.8, 4) is 0 Å². The van der Waals surface area contributed by atoms with Crippen LogP contribution in [-0.2, 0) is 17.7 Å². The maximum absolute atomic E-state index is 11.8. The van der Waals surface area contributed by atoms with Crippen molar-refractivity contribution < 1.29 is 14.6 Å². The first-order valence-corrected chi connectivity index (χ1v) is 6.80. The molecule has 0 aliphatic rings. The van der Waals surface area contributed by atoms with Gasteiger partial charge in [0.2, 0.25) is 0 Å². The molecular weight excluding hydrogens is 246 g/mol. The maximum Gasteiger partial charge on any atom is 0.360 e. The Labute approximate surface area is 113 Å². The molecule has 108 valence electrons. The van der Waals surface area contributed by atoms with Crippen LogP contribution in [0, 0.1) is 5.92 Å². The number of nitrogens with zero attached hydrogens (tertiary/aromatic N) is 3. The number of ether oxygens (including phenoxy) is 1. The van der Waals surface area contributed by atoms with Crippen molar-refractivity contribution in [2.24, 2.45) is 5.92 Å². The lowest BCUT2D eigenvalue weighted by molar-refractivity contribution is 0.0517. The second kappa shape index (κ2) is 7.89. The molecule has 0 fully saturated rings. The first-order chi connectivity index (χ1) is 9.10. The van der Waals surface area contributed by atoms with Crippen molar-refractivity contribution in [1.29, 1.82) is 0 Å². The molecule has 1 heterocycles. The summed E-state index contributed by atoms with van der Waals surface area (Å²) in [6, 6.07) is 0. The fourth-order valence-corrected chi connectivity index (χ4v) is 1.83. The third kappa shape index (κ3) is 4.63. The number of hydrogen-bond acceptors (Lipinski definition) is 5. The lowest BCUT2D eigenvalue weighted by Crippen LogP contribution is -2.13. The molecule has 6 heteroatoms. The quantitative estimate of drug-likeness (QED) is 0.570. The Bertz CT molecular complexity index is 402. The zero-order chi connectivity index (χ0) is 14.3. The lowest BCUT2D eigenvalue weighted by atomic mass is 10.1. The Morgan fingerprint density at radius 3 is 2.74 bits per heavy atom. The van der Waals surface area contributed by atoms with Gasteiger partial charge in [0.05, 0.1) is 12.3 Å². The van der Waals surface area contributed by atoms with E-state index in [1.807, 2.05) is 0 Å². The monoisotopic (exact) mass is 269 g/mol. The van der Waals surface area contributed by atoms with E-state index in [0.29, 0.717) is 24.8 Å². The van der Waals surface area contributed by atoms with Gasteiger partial charge in [0, 0.05) is 13.2 Å². The van der Waals surface area contributed by atoms with Gasteiger partial charge in [-0.15, -0.1) is 5.10 Å². The van der Waals surface area contributed by atoms with Crippen molar-refractivity contribution in [1.82, 2.24) is 15.0 Å². The maximum atomic E-state index is 11.8. The third-order valence-electron chi connectivity index (χ3n) is 2.69. The van der Waals surface area contributed by atoms with Crippen LogP contribution in [0.1, 0.15) is 49.8 Å². The van der Waals surface area contributed by atoms with E-state index in [2.05, 4.69) is 24.2 Å². The van der Waals surface area contributed by atoms with Crippen LogP contribution >= 0.6 is 0 Å². The highest BCUT2D eigenvalue weighted by Crippen LogP contribution is 2.14. The molecule has 0 amide bonds. The molecule has 19 heavy (non-hydrogen) atoms. The average molecular weight is 269 g/mol. The molecule has 6 nitrogen and oxygen atoms in total. The number of carbonyl (C=O) groups excluding carboxylic acids is 1. The summed E-state index contributed by atoms with van der Waals surface area (Å²) in [5.41, 5.74) is 1.14. The molecule has 0 aromatic carbocycles. The van der Waals surface area contributed by atoms with Gasteiger partial charge in [-0.25, -0.2) is 9.48 Å². The Morgan fingerprint density at radius 2 is 2.16 bits per heavy atom. The molecule has 1 rings (SSSR count). The van der Waals surface area contributed by atoms with E-state index in [9.17, 15) is 4.79 Å². The van der Waals surface area contributed by atoms with Crippen LogP contribution in [0.4, 0.5) is 0 Å². The molecule has 0 unspecified atom stereocenters. The van der Waals surface area contributed by atoms with E-state index in [4.69, 9.17) is 9.84 Å². The zero-order valence-electron chi connectivity index (χ0n) is 11.9. The largest absolute Gasteiger partial charge is 0.461 e. The molecule has 0 saturated heterocycles. The molecule has 1 aromatic heterocycles. The van der Waals surface area contributed by atoms with E-state index in [1.165, 1.54) is 0 Å². The Kier molecular flexibility index (Phi) is 6.49. The highest BCUT2D eigenvalue weighted by atomic mass is 16.5. The number of carbonyl (C=O) groups is 1. The van der Waals surface area contributed by atoms with Gasteiger partial charge in [-0.3, -0.25) is 0 Å². The summed E-state index contributed by atoms with van der Waals surface area (Å²) < 4.78 is 6.75. The number of aliphatic hydroxyl groups excluding tert-OH is 1. The van der Waals surface area contributed by atoms with E-state index in [-0.39, 0.29) is 6.61 Å². The smallest absolute Gasteiger partial charge is 0.360 e. The highest BCUT2D eigenvalue weighted by molar-refractivity contribution is 5.88. The summed E-state index contributed by atoms with van der Waals surface area (Å²) in [4.78, 5) is 11.8. The Balaban J connectivity index is 2.88. The number of hydrogen-bond donors (Lipinski definition) is 1. The van der Waals surface area contributed by atoms with E-state index in [0.717, 1.165) is 25.0 Å². The van der Waals surface area contributed by atoms with Crippen LogP contribution in [0.2, 0.25) is 0 Å². The molecule has 0 bridgehead atoms. The van der Waals surface area contributed by atoms with Crippen LogP contribution in [0.5, 0.6) is 0 Å². The van der Waals surface area contributed by atoms with Crippen LogP contribution in [0.15, 0.2) is 0 Å². The highest BCUT2D eigenvalue weighted by Gasteiger charge is 2.21. The first-order valence-electron chi connectivity index (χ1n) is 6.80. The number of aliphatic hydroxyl groups is 1. The number of unbranched alkanes of at least 4 members (excludes halogenated alkanes) is 1. The van der Waals surface area contributed by atoms with Gasteiger partial charge in [0.15, 0.2) is 5.69 Å².